The van der Waals surface area contributed by atoms with Crippen molar-refractivity contribution in [3.63, 3.8) is 0 Å². The van der Waals surface area contributed by atoms with Crippen molar-refractivity contribution in [3.8, 4) is 0 Å². The zero-order valence-corrected chi connectivity index (χ0v) is 10.7. The third-order valence-corrected chi connectivity index (χ3v) is 2.09. The van der Waals surface area contributed by atoms with Gasteiger partial charge in [0.25, 0.3) is 0 Å². The molecule has 1 aromatic rings. The van der Waals surface area contributed by atoms with E-state index < -0.39 is 5.60 Å². The number of aryl methyl sites for hydroxylation is 1. The van der Waals surface area contributed by atoms with Crippen LogP contribution in [0.4, 0.5) is 0 Å². The topological polar surface area (TPSA) is 75.9 Å². The molecule has 1 unspecified atom stereocenters. The van der Waals surface area contributed by atoms with Crippen LogP contribution in [-0.2, 0) is 13.5 Å². The lowest BCUT2D eigenvalue weighted by Crippen LogP contribution is -2.47. The number of β-amino-alcohol motifs (C(OH)–C–C–N with tert-alkyl or cyclic N) is 1. The minimum Gasteiger partial charge on any atom is -0.388 e. The lowest BCUT2D eigenvalue weighted by molar-refractivity contribution is 0.0514. The smallest absolute Gasteiger partial charge is 0.177 e. The maximum absolute atomic E-state index is 10.2. The fourth-order valence-electron chi connectivity index (χ4n) is 1.25. The Hall–Kier alpha value is -1.01. The SMILES string of the molecule is Cn1nnc(CC(C)(O)CNC(C)(C)C)n1. The Labute approximate surface area is 96.0 Å². The summed E-state index contributed by atoms with van der Waals surface area (Å²) in [5.74, 6) is 0.559. The lowest BCUT2D eigenvalue weighted by atomic mass is 10.00. The first-order chi connectivity index (χ1) is 7.18. The summed E-state index contributed by atoms with van der Waals surface area (Å²) in [7, 11) is 1.71. The van der Waals surface area contributed by atoms with Gasteiger partial charge >= 0.3 is 0 Å². The summed E-state index contributed by atoms with van der Waals surface area (Å²) in [6.45, 7) is 8.44. The fourth-order valence-corrected chi connectivity index (χ4v) is 1.25. The van der Waals surface area contributed by atoms with Gasteiger partial charge in [-0.3, -0.25) is 0 Å². The average molecular weight is 227 g/mol. The Morgan fingerprint density at radius 1 is 1.31 bits per heavy atom. The van der Waals surface area contributed by atoms with Gasteiger partial charge in [0.15, 0.2) is 5.82 Å². The van der Waals surface area contributed by atoms with Crippen LogP contribution in [0.5, 0.6) is 0 Å². The summed E-state index contributed by atoms with van der Waals surface area (Å²) in [4.78, 5) is 1.39. The Bertz CT molecular complexity index is 339. The average Bonchev–Trinajstić information content (AvgIpc) is 2.46. The Morgan fingerprint density at radius 2 is 1.94 bits per heavy atom. The van der Waals surface area contributed by atoms with Crippen LogP contribution in [0.1, 0.15) is 33.5 Å². The molecule has 0 bridgehead atoms. The van der Waals surface area contributed by atoms with Crippen LogP contribution in [0.25, 0.3) is 0 Å². The first-order valence-electron chi connectivity index (χ1n) is 5.38. The highest BCUT2D eigenvalue weighted by Gasteiger charge is 2.25. The summed E-state index contributed by atoms with van der Waals surface area (Å²) in [6.07, 6.45) is 0.393. The molecule has 0 radical (unpaired) electrons. The van der Waals surface area contributed by atoms with Gasteiger partial charge in [-0.1, -0.05) is 0 Å². The minimum atomic E-state index is -0.865. The molecule has 1 aromatic heterocycles. The molecule has 92 valence electrons. The Kier molecular flexibility index (Phi) is 3.64. The minimum absolute atomic E-state index is 0.0141. The van der Waals surface area contributed by atoms with Gasteiger partial charge in [-0.2, -0.15) is 4.80 Å². The molecular formula is C10H21N5O. The molecule has 6 nitrogen and oxygen atoms in total. The van der Waals surface area contributed by atoms with Crippen molar-refractivity contribution in [2.24, 2.45) is 7.05 Å². The number of nitrogens with one attached hydrogen (secondary N) is 1. The van der Waals surface area contributed by atoms with E-state index >= 15 is 0 Å². The van der Waals surface area contributed by atoms with E-state index in [0.29, 0.717) is 18.8 Å². The summed E-state index contributed by atoms with van der Waals surface area (Å²) in [6, 6.07) is 0. The van der Waals surface area contributed by atoms with E-state index in [1.165, 1.54) is 4.80 Å². The maximum Gasteiger partial charge on any atom is 0.177 e. The second-order valence-electron chi connectivity index (χ2n) is 5.47. The number of aliphatic hydroxyl groups is 1. The number of tetrazole rings is 1. The monoisotopic (exact) mass is 227 g/mol. The molecule has 2 N–H and O–H groups in total. The van der Waals surface area contributed by atoms with Gasteiger partial charge in [0.2, 0.25) is 0 Å². The second kappa shape index (κ2) is 4.47. The quantitative estimate of drug-likeness (QED) is 0.750. The van der Waals surface area contributed by atoms with Crippen LogP contribution in [0.15, 0.2) is 0 Å². The van der Waals surface area contributed by atoms with E-state index in [0.717, 1.165) is 0 Å². The third kappa shape index (κ3) is 4.67. The van der Waals surface area contributed by atoms with Crippen LogP contribution < -0.4 is 5.32 Å². The summed E-state index contributed by atoms with van der Waals surface area (Å²) in [5.41, 5.74) is -0.879. The molecule has 0 aliphatic heterocycles. The maximum atomic E-state index is 10.2. The van der Waals surface area contributed by atoms with Crippen molar-refractivity contribution >= 4 is 0 Å². The molecular weight excluding hydrogens is 206 g/mol. The predicted octanol–water partition coefficient (Wildman–Crippen LogP) is -0.108. The van der Waals surface area contributed by atoms with E-state index in [1.807, 2.05) is 0 Å². The van der Waals surface area contributed by atoms with Crippen molar-refractivity contribution in [1.82, 2.24) is 25.5 Å². The molecule has 0 spiro atoms. The van der Waals surface area contributed by atoms with Crippen molar-refractivity contribution in [1.29, 1.82) is 0 Å². The highest BCUT2D eigenvalue weighted by atomic mass is 16.3. The molecule has 0 saturated carbocycles. The van der Waals surface area contributed by atoms with Gasteiger partial charge in [-0.25, -0.2) is 0 Å². The standard InChI is InChI=1S/C10H21N5O/c1-9(2,3)11-7-10(4,16)6-8-12-14-15(5)13-8/h11,16H,6-7H2,1-5H3. The van der Waals surface area contributed by atoms with Crippen LogP contribution in [-0.4, -0.2) is 43.0 Å². The first kappa shape index (κ1) is 13.1. The second-order valence-corrected chi connectivity index (χ2v) is 5.47. The van der Waals surface area contributed by atoms with E-state index in [-0.39, 0.29) is 5.54 Å². The van der Waals surface area contributed by atoms with E-state index in [1.54, 1.807) is 14.0 Å². The molecule has 0 aromatic carbocycles. The molecule has 6 heteroatoms. The normalized spacial score (nSPS) is 16.1. The lowest BCUT2D eigenvalue weighted by Gasteiger charge is -2.28. The third-order valence-electron chi connectivity index (χ3n) is 2.09. The number of rotatable bonds is 4. The number of hydrogen-bond donors (Lipinski definition) is 2. The van der Waals surface area contributed by atoms with E-state index in [2.05, 4.69) is 41.5 Å². The van der Waals surface area contributed by atoms with Gasteiger partial charge in [0, 0.05) is 18.5 Å². The number of hydrogen-bond acceptors (Lipinski definition) is 5. The van der Waals surface area contributed by atoms with Crippen LogP contribution in [0.3, 0.4) is 0 Å². The molecule has 0 saturated heterocycles. The van der Waals surface area contributed by atoms with Crippen LogP contribution in [0, 0.1) is 0 Å². The molecule has 0 aliphatic rings. The van der Waals surface area contributed by atoms with E-state index in [9.17, 15) is 5.11 Å². The van der Waals surface area contributed by atoms with Gasteiger partial charge in [-0.15, -0.1) is 10.2 Å². The molecule has 0 aliphatic carbocycles. The zero-order chi connectivity index (χ0) is 12.4. The first-order valence-corrected chi connectivity index (χ1v) is 5.38. The summed E-state index contributed by atoms with van der Waals surface area (Å²) >= 11 is 0. The van der Waals surface area contributed by atoms with Crippen molar-refractivity contribution in [3.05, 3.63) is 5.82 Å². The predicted molar refractivity (Wildman–Crippen MR) is 60.9 cm³/mol. The Balaban J connectivity index is 2.51. The zero-order valence-electron chi connectivity index (χ0n) is 10.7. The molecule has 0 amide bonds. The van der Waals surface area contributed by atoms with Crippen LogP contribution in [0.2, 0.25) is 0 Å². The molecule has 1 rings (SSSR count). The van der Waals surface area contributed by atoms with Crippen LogP contribution >= 0.6 is 0 Å². The van der Waals surface area contributed by atoms with Gasteiger partial charge < -0.3 is 10.4 Å². The van der Waals surface area contributed by atoms with Crippen molar-refractivity contribution in [2.45, 2.75) is 45.3 Å². The summed E-state index contributed by atoms with van der Waals surface area (Å²) < 4.78 is 0. The number of aromatic nitrogens is 4. The van der Waals surface area contributed by atoms with Crippen molar-refractivity contribution in [2.75, 3.05) is 6.54 Å². The van der Waals surface area contributed by atoms with Gasteiger partial charge in [0.05, 0.1) is 12.6 Å². The van der Waals surface area contributed by atoms with Gasteiger partial charge in [0.1, 0.15) is 0 Å². The molecule has 16 heavy (non-hydrogen) atoms. The fraction of sp³-hybridized carbons (Fsp3) is 0.900. The highest BCUT2D eigenvalue weighted by Crippen LogP contribution is 2.10. The molecule has 1 heterocycles. The van der Waals surface area contributed by atoms with Gasteiger partial charge in [-0.05, 0) is 32.9 Å². The van der Waals surface area contributed by atoms with Crippen molar-refractivity contribution < 1.29 is 5.11 Å². The largest absolute Gasteiger partial charge is 0.388 e. The Morgan fingerprint density at radius 3 is 2.38 bits per heavy atom. The molecule has 0 fully saturated rings. The number of nitrogens with zero attached hydrogens (tertiary/aromatic N) is 4. The highest BCUT2D eigenvalue weighted by molar-refractivity contribution is 4.91. The molecule has 1 atom stereocenters. The summed E-state index contributed by atoms with van der Waals surface area (Å²) in [5, 5.41) is 25.1. The van der Waals surface area contributed by atoms with E-state index in [4.69, 9.17) is 0 Å².